The molecule has 2 aliphatic heterocycles. The Balaban J connectivity index is 1.57. The summed E-state index contributed by atoms with van der Waals surface area (Å²) in [6, 6.07) is 0. The number of β-lactam (4-membered cyclic amide) rings is 1. The number of carbonyl (C=O) groups is 3. The standard InChI is InChI=1S/C20H24N8O7S3/c1-8(12-10(13(29)23-35-12)15(30)26(2)3)14(36)21-20(34-5)17(33)28-11(16(31)32)9(6-37-18(20)28)7-38-19-22-24-25-27(19)4/h8,18H,6-7H2,1-5H3,(H,21,36)(H,23,29)(H,31,32)/t8?,18-,20-/m0/s1. The minimum absolute atomic E-state index is 0.000995. The van der Waals surface area contributed by atoms with Crippen molar-refractivity contribution in [1.82, 2.24) is 40.5 Å². The van der Waals surface area contributed by atoms with Gasteiger partial charge in [-0.05, 0) is 22.9 Å². The lowest BCUT2D eigenvalue weighted by molar-refractivity contribution is -0.187. The molecule has 15 nitrogen and oxygen atoms in total. The Labute approximate surface area is 229 Å². The molecule has 1 unspecified atom stereocenters. The second-order valence-electron chi connectivity index (χ2n) is 8.59. The SMILES string of the molecule is CO[C@@]1(NC(=S)C(C)c2o[nH]c(=O)c2C(=O)N(C)C)C(=O)N2C(C(=O)O)=C(CSc3nnnn3C)CS[C@H]21. The number of nitrogens with zero attached hydrogens (tertiary/aromatic N) is 6. The number of carboxylic acid groups (broad SMARTS) is 1. The van der Waals surface area contributed by atoms with Gasteiger partial charge in [-0.2, -0.15) is 5.16 Å². The molecule has 3 N–H and O–H groups in total. The third-order valence-electron chi connectivity index (χ3n) is 6.03. The summed E-state index contributed by atoms with van der Waals surface area (Å²) < 4.78 is 12.3. The van der Waals surface area contributed by atoms with Gasteiger partial charge in [0.15, 0.2) is 5.76 Å². The summed E-state index contributed by atoms with van der Waals surface area (Å²) in [6.45, 7) is 1.60. The number of aromatic amines is 1. The normalized spacial score (nSPS) is 21.6. The Morgan fingerprint density at radius 2 is 2.16 bits per heavy atom. The monoisotopic (exact) mass is 584 g/mol. The molecule has 0 spiro atoms. The first-order valence-corrected chi connectivity index (χ1v) is 13.4. The van der Waals surface area contributed by atoms with Crippen molar-refractivity contribution in [3.63, 3.8) is 0 Å². The fraction of sp³-hybridized carbons (Fsp3) is 0.500. The van der Waals surface area contributed by atoms with Gasteiger partial charge >= 0.3 is 5.97 Å². The molecule has 2 aliphatic rings. The van der Waals surface area contributed by atoms with Crippen molar-refractivity contribution in [2.75, 3.05) is 32.7 Å². The molecule has 2 amide bonds. The van der Waals surface area contributed by atoms with Crippen molar-refractivity contribution in [3.05, 3.63) is 32.9 Å². The average molecular weight is 585 g/mol. The van der Waals surface area contributed by atoms with Gasteiger partial charge in [0, 0.05) is 39.8 Å². The smallest absolute Gasteiger partial charge is 0.352 e. The molecule has 3 atom stereocenters. The van der Waals surface area contributed by atoms with E-state index in [4.69, 9.17) is 21.5 Å². The number of amides is 2. The number of hydrogen-bond donors (Lipinski definition) is 3. The second-order valence-corrected chi connectivity index (χ2v) is 11.0. The molecule has 18 heteroatoms. The van der Waals surface area contributed by atoms with Crippen molar-refractivity contribution in [3.8, 4) is 0 Å². The lowest BCUT2D eigenvalue weighted by atomic mass is 9.96. The lowest BCUT2D eigenvalue weighted by Crippen LogP contribution is -2.80. The maximum absolute atomic E-state index is 13.4. The van der Waals surface area contributed by atoms with Crippen LogP contribution in [0.1, 0.15) is 29.0 Å². The first-order valence-electron chi connectivity index (χ1n) is 11.0. The Kier molecular flexibility index (Phi) is 7.69. The highest BCUT2D eigenvalue weighted by Gasteiger charge is 2.66. The number of carbonyl (C=O) groups excluding carboxylic acids is 2. The van der Waals surface area contributed by atoms with Crippen molar-refractivity contribution in [2.24, 2.45) is 7.05 Å². The molecule has 1 fully saturated rings. The molecule has 204 valence electrons. The Morgan fingerprint density at radius 3 is 2.74 bits per heavy atom. The predicted octanol–water partition coefficient (Wildman–Crippen LogP) is -0.397. The second kappa shape index (κ2) is 10.5. The number of thiocarbonyl (C=S) groups is 1. The number of H-pyrrole nitrogens is 1. The van der Waals surface area contributed by atoms with Gasteiger partial charge in [-0.1, -0.05) is 24.0 Å². The minimum atomic E-state index is -1.66. The summed E-state index contributed by atoms with van der Waals surface area (Å²) in [5.74, 6) is -2.70. The zero-order valence-electron chi connectivity index (χ0n) is 20.9. The fourth-order valence-corrected chi connectivity index (χ4v) is 6.69. The molecular weight excluding hydrogens is 560 g/mol. The third-order valence-corrected chi connectivity index (χ3v) is 8.96. The van der Waals surface area contributed by atoms with E-state index in [0.717, 1.165) is 0 Å². The third kappa shape index (κ3) is 4.50. The van der Waals surface area contributed by atoms with Crippen LogP contribution in [-0.4, -0.2) is 107 Å². The number of aromatic nitrogens is 5. The van der Waals surface area contributed by atoms with Gasteiger partial charge in [0.25, 0.3) is 23.1 Å². The first kappa shape index (κ1) is 27.8. The van der Waals surface area contributed by atoms with E-state index < -0.39 is 40.4 Å². The van der Waals surface area contributed by atoms with E-state index in [1.807, 2.05) is 0 Å². The molecular formula is C20H24N8O7S3. The van der Waals surface area contributed by atoms with E-state index in [1.165, 1.54) is 59.2 Å². The highest BCUT2D eigenvalue weighted by atomic mass is 32.2. The molecule has 4 heterocycles. The molecule has 0 radical (unpaired) electrons. The summed E-state index contributed by atoms with van der Waals surface area (Å²) >= 11 is 8.08. The zero-order chi connectivity index (χ0) is 27.9. The summed E-state index contributed by atoms with van der Waals surface area (Å²) in [4.78, 5) is 52.9. The highest BCUT2D eigenvalue weighted by Crippen LogP contribution is 2.47. The molecule has 2 aromatic heterocycles. The van der Waals surface area contributed by atoms with Crippen LogP contribution in [0.5, 0.6) is 0 Å². The predicted molar refractivity (Wildman–Crippen MR) is 139 cm³/mol. The molecule has 4 rings (SSSR count). The van der Waals surface area contributed by atoms with Crippen LogP contribution in [0.15, 0.2) is 25.7 Å². The van der Waals surface area contributed by atoms with E-state index in [-0.39, 0.29) is 27.8 Å². The Morgan fingerprint density at radius 1 is 1.45 bits per heavy atom. The van der Waals surface area contributed by atoms with Crippen molar-refractivity contribution in [2.45, 2.75) is 29.1 Å². The molecule has 0 bridgehead atoms. The summed E-state index contributed by atoms with van der Waals surface area (Å²) in [5, 5.41) is 26.0. The number of hydrogen-bond acceptors (Lipinski definition) is 12. The van der Waals surface area contributed by atoms with E-state index in [9.17, 15) is 24.3 Å². The van der Waals surface area contributed by atoms with E-state index in [1.54, 1.807) is 14.0 Å². The number of fused-ring (bicyclic) bond motifs is 1. The van der Waals surface area contributed by atoms with Crippen LogP contribution >= 0.6 is 35.7 Å². The van der Waals surface area contributed by atoms with Gasteiger partial charge < -0.3 is 24.6 Å². The van der Waals surface area contributed by atoms with Gasteiger partial charge in [0.2, 0.25) is 5.16 Å². The number of thioether (sulfide) groups is 2. The maximum atomic E-state index is 13.4. The van der Waals surface area contributed by atoms with Gasteiger partial charge in [-0.15, -0.1) is 16.9 Å². The first-order chi connectivity index (χ1) is 17.9. The minimum Gasteiger partial charge on any atom is -0.477 e. The van der Waals surface area contributed by atoms with Crippen LogP contribution in [0.4, 0.5) is 0 Å². The molecule has 0 aliphatic carbocycles. The number of rotatable bonds is 9. The highest BCUT2D eigenvalue weighted by molar-refractivity contribution is 8.01. The summed E-state index contributed by atoms with van der Waals surface area (Å²) in [6.07, 6.45) is 0. The van der Waals surface area contributed by atoms with Crippen LogP contribution in [0.25, 0.3) is 0 Å². The van der Waals surface area contributed by atoms with Gasteiger partial charge in [0.1, 0.15) is 16.6 Å². The molecule has 0 aromatic carbocycles. The number of aryl methyl sites for hydroxylation is 1. The van der Waals surface area contributed by atoms with Gasteiger partial charge in [-0.25, -0.2) is 9.48 Å². The number of tetrazole rings is 1. The molecule has 0 saturated carbocycles. The zero-order valence-corrected chi connectivity index (χ0v) is 23.3. The van der Waals surface area contributed by atoms with E-state index in [0.29, 0.717) is 16.5 Å². The van der Waals surface area contributed by atoms with Gasteiger partial charge in [-0.3, -0.25) is 19.3 Å². The van der Waals surface area contributed by atoms with Crippen LogP contribution in [-0.2, 0) is 21.4 Å². The number of ether oxygens (including phenoxy) is 1. The molecule has 38 heavy (non-hydrogen) atoms. The number of nitrogens with one attached hydrogen (secondary N) is 2. The Bertz CT molecular complexity index is 1400. The van der Waals surface area contributed by atoms with E-state index >= 15 is 0 Å². The van der Waals surface area contributed by atoms with Crippen molar-refractivity contribution in [1.29, 1.82) is 0 Å². The van der Waals surface area contributed by atoms with Gasteiger partial charge in [0.05, 0.1) is 10.9 Å². The number of carboxylic acids is 1. The average Bonchev–Trinajstić information content (AvgIpc) is 3.48. The summed E-state index contributed by atoms with van der Waals surface area (Å²) in [7, 11) is 5.96. The van der Waals surface area contributed by atoms with Crippen molar-refractivity contribution < 1.29 is 28.8 Å². The van der Waals surface area contributed by atoms with Crippen LogP contribution in [0, 0.1) is 0 Å². The lowest BCUT2D eigenvalue weighted by Gasteiger charge is -2.56. The maximum Gasteiger partial charge on any atom is 0.352 e. The summed E-state index contributed by atoms with van der Waals surface area (Å²) in [5.41, 5.74) is -2.18. The number of methoxy groups -OCH3 is 1. The van der Waals surface area contributed by atoms with Crippen LogP contribution < -0.4 is 10.9 Å². The largest absolute Gasteiger partial charge is 0.477 e. The van der Waals surface area contributed by atoms with Crippen LogP contribution in [0.2, 0.25) is 0 Å². The Hall–Kier alpha value is -3.22. The fourth-order valence-electron chi connectivity index (χ4n) is 4.01. The topological polar surface area (TPSA) is 189 Å². The van der Waals surface area contributed by atoms with E-state index in [2.05, 4.69) is 26.0 Å². The molecule has 2 aromatic rings. The van der Waals surface area contributed by atoms with Crippen LogP contribution in [0.3, 0.4) is 0 Å². The number of aliphatic carboxylic acids is 1. The quantitative estimate of drug-likeness (QED) is 0.149. The molecule has 1 saturated heterocycles. The van der Waals surface area contributed by atoms with Crippen molar-refractivity contribution >= 4 is 58.5 Å².